The second kappa shape index (κ2) is 7.92. The number of imidazole rings is 1. The summed E-state index contributed by atoms with van der Waals surface area (Å²) in [6.07, 6.45) is 4.21. The number of aromatic nitrogens is 4. The Bertz CT molecular complexity index is 1110. The smallest absolute Gasteiger partial charge is 0.152 e. The predicted molar refractivity (Wildman–Crippen MR) is 110 cm³/mol. The largest absolute Gasteiger partial charge is 0.396 e. The van der Waals surface area contributed by atoms with Gasteiger partial charge in [-0.3, -0.25) is 4.98 Å². The molecule has 1 aromatic carbocycles. The van der Waals surface area contributed by atoms with Crippen LogP contribution in [0.5, 0.6) is 0 Å². The first-order valence-electron chi connectivity index (χ1n) is 9.40. The van der Waals surface area contributed by atoms with Crippen molar-refractivity contribution < 1.29 is 9.84 Å². The van der Waals surface area contributed by atoms with Crippen LogP contribution in [0.25, 0.3) is 33.1 Å². The summed E-state index contributed by atoms with van der Waals surface area (Å²) in [5.74, 6) is 1.19. The molecule has 0 aliphatic carbocycles. The number of nitrogens with zero attached hydrogens (tertiary/aromatic N) is 4. The first-order chi connectivity index (χ1) is 13.7. The van der Waals surface area contributed by atoms with Crippen molar-refractivity contribution in [1.29, 1.82) is 0 Å². The van der Waals surface area contributed by atoms with Gasteiger partial charge in [0.2, 0.25) is 0 Å². The Morgan fingerprint density at radius 1 is 1.18 bits per heavy atom. The number of rotatable bonds is 7. The fourth-order valence-electron chi connectivity index (χ4n) is 3.44. The maximum atomic E-state index is 9.33. The predicted octanol–water partition coefficient (Wildman–Crippen LogP) is 3.15. The highest BCUT2D eigenvalue weighted by Crippen LogP contribution is 2.32. The average molecular weight is 377 g/mol. The molecule has 4 aromatic rings. The molecule has 0 atom stereocenters. The summed E-state index contributed by atoms with van der Waals surface area (Å²) in [6, 6.07) is 10.1. The molecule has 0 radical (unpaired) electrons. The van der Waals surface area contributed by atoms with E-state index in [-0.39, 0.29) is 6.61 Å². The van der Waals surface area contributed by atoms with E-state index in [9.17, 15) is 5.11 Å². The van der Waals surface area contributed by atoms with E-state index in [0.717, 1.165) is 33.4 Å². The number of pyridine rings is 2. The van der Waals surface area contributed by atoms with Crippen LogP contribution in [0, 0.1) is 0 Å². The lowest BCUT2D eigenvalue weighted by atomic mass is 10.0. The van der Waals surface area contributed by atoms with Crippen molar-refractivity contribution in [3.8, 4) is 11.1 Å². The molecule has 0 fully saturated rings. The van der Waals surface area contributed by atoms with E-state index in [2.05, 4.69) is 20.6 Å². The van der Waals surface area contributed by atoms with Gasteiger partial charge in [-0.05, 0) is 31.0 Å². The van der Waals surface area contributed by atoms with Crippen LogP contribution in [0.4, 0.5) is 5.82 Å². The molecular weight excluding hydrogens is 354 g/mol. The first-order valence-corrected chi connectivity index (χ1v) is 9.40. The van der Waals surface area contributed by atoms with Crippen LogP contribution in [-0.4, -0.2) is 37.8 Å². The fraction of sp³-hybridized carbons (Fsp3) is 0.286. The van der Waals surface area contributed by atoms with Gasteiger partial charge in [-0.1, -0.05) is 18.2 Å². The third-order valence-corrected chi connectivity index (χ3v) is 4.75. The van der Waals surface area contributed by atoms with Crippen molar-refractivity contribution in [3.63, 3.8) is 0 Å². The molecule has 4 rings (SSSR count). The minimum Gasteiger partial charge on any atom is -0.396 e. The molecule has 0 unspecified atom stereocenters. The standard InChI is InChI=1S/C21H23N5O2/c1-2-28-13-18-25-19-20(26(18)9-4-10-27)16-7-6-14(11-17(16)24-21(19)22)15-5-3-8-23-12-15/h3,5-8,11-12,27H,2,4,9-10,13H2,1H3,(H2,22,24). The van der Waals surface area contributed by atoms with E-state index >= 15 is 0 Å². The minimum absolute atomic E-state index is 0.109. The number of nitrogen functional groups attached to an aromatic ring is 1. The van der Waals surface area contributed by atoms with Crippen LogP contribution in [-0.2, 0) is 17.9 Å². The van der Waals surface area contributed by atoms with E-state index in [1.54, 1.807) is 6.20 Å². The quantitative estimate of drug-likeness (QED) is 0.513. The lowest BCUT2D eigenvalue weighted by Crippen LogP contribution is -2.07. The van der Waals surface area contributed by atoms with Gasteiger partial charge < -0.3 is 20.1 Å². The van der Waals surface area contributed by atoms with Crippen molar-refractivity contribution in [2.45, 2.75) is 26.5 Å². The minimum atomic E-state index is 0.109. The van der Waals surface area contributed by atoms with E-state index in [4.69, 9.17) is 15.5 Å². The second-order valence-electron chi connectivity index (χ2n) is 6.56. The Kier molecular flexibility index (Phi) is 5.18. The van der Waals surface area contributed by atoms with Crippen LogP contribution in [0.1, 0.15) is 19.2 Å². The van der Waals surface area contributed by atoms with Gasteiger partial charge in [0.15, 0.2) is 5.82 Å². The maximum Gasteiger partial charge on any atom is 0.152 e. The normalized spacial score (nSPS) is 11.5. The Balaban J connectivity index is 1.93. The molecule has 28 heavy (non-hydrogen) atoms. The Hall–Kier alpha value is -3.03. The second-order valence-corrected chi connectivity index (χ2v) is 6.56. The molecule has 7 heteroatoms. The summed E-state index contributed by atoms with van der Waals surface area (Å²) >= 11 is 0. The topological polar surface area (TPSA) is 99.1 Å². The number of fused-ring (bicyclic) bond motifs is 3. The zero-order valence-electron chi connectivity index (χ0n) is 15.8. The molecular formula is C21H23N5O2. The van der Waals surface area contributed by atoms with Crippen molar-refractivity contribution in [3.05, 3.63) is 48.5 Å². The van der Waals surface area contributed by atoms with Gasteiger partial charge in [0.05, 0.1) is 11.0 Å². The Morgan fingerprint density at radius 2 is 2.07 bits per heavy atom. The Morgan fingerprint density at radius 3 is 2.82 bits per heavy atom. The summed E-state index contributed by atoms with van der Waals surface area (Å²) in [5, 5.41) is 10.3. The number of aliphatic hydroxyl groups excluding tert-OH is 1. The number of anilines is 1. The molecule has 0 aliphatic heterocycles. The highest BCUT2D eigenvalue weighted by atomic mass is 16.5. The SMILES string of the molecule is CCOCc1nc2c(N)nc3cc(-c4cccnc4)ccc3c2n1CCCO. The first kappa shape index (κ1) is 18.3. The molecule has 0 amide bonds. The van der Waals surface area contributed by atoms with Crippen LogP contribution in [0.2, 0.25) is 0 Å². The number of benzene rings is 1. The van der Waals surface area contributed by atoms with Gasteiger partial charge in [-0.2, -0.15) is 0 Å². The zero-order valence-corrected chi connectivity index (χ0v) is 15.8. The third-order valence-electron chi connectivity index (χ3n) is 4.75. The number of nitrogens with two attached hydrogens (primary N) is 1. The molecule has 0 aliphatic rings. The van der Waals surface area contributed by atoms with Crippen LogP contribution >= 0.6 is 0 Å². The lowest BCUT2D eigenvalue weighted by Gasteiger charge is -2.11. The van der Waals surface area contributed by atoms with Gasteiger partial charge >= 0.3 is 0 Å². The number of aliphatic hydroxyl groups is 1. The monoisotopic (exact) mass is 377 g/mol. The summed E-state index contributed by atoms with van der Waals surface area (Å²) in [7, 11) is 0. The Labute approximate surface area is 162 Å². The van der Waals surface area contributed by atoms with Gasteiger partial charge in [0, 0.05) is 43.1 Å². The van der Waals surface area contributed by atoms with E-state index in [1.807, 2.05) is 37.4 Å². The third kappa shape index (κ3) is 3.30. The molecule has 0 saturated heterocycles. The van der Waals surface area contributed by atoms with Crippen LogP contribution in [0.3, 0.4) is 0 Å². The number of hydrogen-bond donors (Lipinski definition) is 2. The number of ether oxygens (including phenoxy) is 1. The average Bonchev–Trinajstić information content (AvgIpc) is 3.10. The number of aryl methyl sites for hydroxylation is 1. The molecule has 3 N–H and O–H groups in total. The molecule has 0 bridgehead atoms. The lowest BCUT2D eigenvalue weighted by molar-refractivity contribution is 0.125. The highest BCUT2D eigenvalue weighted by molar-refractivity contribution is 6.07. The van der Waals surface area contributed by atoms with Crippen molar-refractivity contribution >= 4 is 27.8 Å². The molecule has 0 spiro atoms. The van der Waals surface area contributed by atoms with Crippen molar-refractivity contribution in [2.75, 3.05) is 18.9 Å². The van der Waals surface area contributed by atoms with Crippen LogP contribution < -0.4 is 5.73 Å². The highest BCUT2D eigenvalue weighted by Gasteiger charge is 2.17. The summed E-state index contributed by atoms with van der Waals surface area (Å²) in [5.41, 5.74) is 10.7. The molecule has 3 aromatic heterocycles. The van der Waals surface area contributed by atoms with Gasteiger partial charge in [-0.15, -0.1) is 0 Å². The summed E-state index contributed by atoms with van der Waals surface area (Å²) < 4.78 is 7.67. The van der Waals surface area contributed by atoms with E-state index in [1.165, 1.54) is 0 Å². The molecule has 3 heterocycles. The van der Waals surface area contributed by atoms with Gasteiger partial charge in [0.25, 0.3) is 0 Å². The number of hydrogen-bond acceptors (Lipinski definition) is 6. The van der Waals surface area contributed by atoms with Crippen molar-refractivity contribution in [1.82, 2.24) is 19.5 Å². The van der Waals surface area contributed by atoms with Crippen molar-refractivity contribution in [2.24, 2.45) is 0 Å². The van der Waals surface area contributed by atoms with Gasteiger partial charge in [-0.25, -0.2) is 9.97 Å². The zero-order chi connectivity index (χ0) is 19.5. The maximum absolute atomic E-state index is 9.33. The molecule has 0 saturated carbocycles. The summed E-state index contributed by atoms with van der Waals surface area (Å²) in [4.78, 5) is 13.5. The van der Waals surface area contributed by atoms with Gasteiger partial charge in [0.1, 0.15) is 17.9 Å². The van der Waals surface area contributed by atoms with Crippen LogP contribution in [0.15, 0.2) is 42.7 Å². The molecule has 7 nitrogen and oxygen atoms in total. The fourth-order valence-corrected chi connectivity index (χ4v) is 3.44. The molecule has 144 valence electrons. The summed E-state index contributed by atoms with van der Waals surface area (Å²) in [6.45, 7) is 3.69. The van der Waals surface area contributed by atoms with E-state index < -0.39 is 0 Å². The van der Waals surface area contributed by atoms with E-state index in [0.29, 0.717) is 37.5 Å².